The number of carbonyl (C=O) groups excluding carboxylic acids is 1. The lowest BCUT2D eigenvalue weighted by Gasteiger charge is -2.11. The average Bonchev–Trinajstić information content (AvgIpc) is 2.72. The lowest BCUT2D eigenvalue weighted by molar-refractivity contribution is -0.116. The van der Waals surface area contributed by atoms with Crippen molar-refractivity contribution in [2.75, 3.05) is 26.1 Å². The van der Waals surface area contributed by atoms with E-state index >= 15 is 0 Å². The predicted molar refractivity (Wildman–Crippen MR) is 113 cm³/mol. The van der Waals surface area contributed by atoms with Gasteiger partial charge in [-0.15, -0.1) is 0 Å². The van der Waals surface area contributed by atoms with Crippen LogP contribution in [0.3, 0.4) is 0 Å². The molecule has 2 rings (SSSR count). The number of amides is 1. The smallest absolute Gasteiger partial charge is 0.240 e. The number of hydrogen-bond donors (Lipinski definition) is 2. The van der Waals surface area contributed by atoms with Crippen LogP contribution in [-0.2, 0) is 21.2 Å². The summed E-state index contributed by atoms with van der Waals surface area (Å²) in [7, 11) is -0.860. The molecule has 0 aliphatic rings. The molecule has 0 aromatic heterocycles. The number of benzene rings is 2. The van der Waals surface area contributed by atoms with Crippen molar-refractivity contribution in [3.05, 3.63) is 48.0 Å². The number of sulfonamides is 1. The maximum absolute atomic E-state index is 12.4. The number of unbranched alkanes of at least 4 members (excludes halogenated alkanes) is 1. The molecule has 2 aromatic rings. The van der Waals surface area contributed by atoms with Crippen LogP contribution in [0.4, 0.5) is 5.69 Å². The number of methoxy groups -OCH3 is 2. The first-order valence-corrected chi connectivity index (χ1v) is 11.0. The monoisotopic (exact) mass is 420 g/mol. The van der Waals surface area contributed by atoms with Crippen molar-refractivity contribution in [2.24, 2.45) is 0 Å². The summed E-state index contributed by atoms with van der Waals surface area (Å²) in [5.74, 6) is 0.489. The fourth-order valence-corrected chi connectivity index (χ4v) is 3.77. The van der Waals surface area contributed by atoms with Gasteiger partial charge >= 0.3 is 0 Å². The number of rotatable bonds is 11. The summed E-state index contributed by atoms with van der Waals surface area (Å²) >= 11 is 0. The largest absolute Gasteiger partial charge is 0.493 e. The van der Waals surface area contributed by atoms with Gasteiger partial charge in [0.2, 0.25) is 15.9 Å². The minimum Gasteiger partial charge on any atom is -0.493 e. The molecule has 0 atom stereocenters. The third-order valence-electron chi connectivity index (χ3n) is 4.37. The maximum atomic E-state index is 12.4. The third-order valence-corrected chi connectivity index (χ3v) is 5.82. The van der Waals surface area contributed by atoms with Crippen LogP contribution < -0.4 is 19.5 Å². The van der Waals surface area contributed by atoms with E-state index in [2.05, 4.69) is 17.0 Å². The molecule has 0 unspecified atom stereocenters. The molecule has 0 radical (unpaired) electrons. The molecule has 0 saturated heterocycles. The van der Waals surface area contributed by atoms with E-state index in [4.69, 9.17) is 9.47 Å². The van der Waals surface area contributed by atoms with Gasteiger partial charge in [-0.05, 0) is 42.7 Å². The van der Waals surface area contributed by atoms with Gasteiger partial charge in [0, 0.05) is 24.7 Å². The second-order valence-electron chi connectivity index (χ2n) is 6.51. The van der Waals surface area contributed by atoms with Crippen molar-refractivity contribution in [3.63, 3.8) is 0 Å². The molecule has 0 fully saturated rings. The summed E-state index contributed by atoms with van der Waals surface area (Å²) in [4.78, 5) is 12.1. The number of nitrogens with one attached hydrogen (secondary N) is 2. The molecule has 2 N–H and O–H groups in total. The van der Waals surface area contributed by atoms with Crippen LogP contribution in [0.15, 0.2) is 47.4 Å². The van der Waals surface area contributed by atoms with Gasteiger partial charge in [-0.2, -0.15) is 0 Å². The molecule has 29 heavy (non-hydrogen) atoms. The maximum Gasteiger partial charge on any atom is 0.240 e. The molecule has 1 amide bonds. The zero-order valence-electron chi connectivity index (χ0n) is 17.0. The average molecular weight is 421 g/mol. The van der Waals surface area contributed by atoms with E-state index in [0.717, 1.165) is 19.3 Å². The standard InChI is InChI=1S/C21H28N2O5S/c1-4-5-6-16-7-9-17(10-8-16)23-21(24)13-14-22-29(25,26)18-11-12-19(27-2)20(15-18)28-3/h7-12,15,22H,4-6,13-14H2,1-3H3,(H,23,24). The Labute approximate surface area is 172 Å². The van der Waals surface area contributed by atoms with Crippen molar-refractivity contribution in [2.45, 2.75) is 37.5 Å². The summed E-state index contributed by atoms with van der Waals surface area (Å²) in [6.45, 7) is 2.13. The quantitative estimate of drug-likeness (QED) is 0.581. The molecule has 0 heterocycles. The molecular weight excluding hydrogens is 392 g/mol. The first kappa shape index (κ1) is 22.7. The van der Waals surface area contributed by atoms with Gasteiger partial charge in [0.25, 0.3) is 0 Å². The summed E-state index contributed by atoms with van der Waals surface area (Å²) in [6, 6.07) is 12.0. The number of anilines is 1. The number of ether oxygens (including phenoxy) is 2. The first-order chi connectivity index (χ1) is 13.9. The van der Waals surface area contributed by atoms with Gasteiger partial charge in [0.15, 0.2) is 11.5 Å². The normalized spacial score (nSPS) is 11.1. The minimum absolute atomic E-state index is 0.0168. The van der Waals surface area contributed by atoms with Crippen LogP contribution in [-0.4, -0.2) is 35.1 Å². The molecule has 0 spiro atoms. The summed E-state index contributed by atoms with van der Waals surface area (Å²) in [5, 5.41) is 2.77. The number of hydrogen-bond acceptors (Lipinski definition) is 5. The minimum atomic E-state index is -3.77. The van der Waals surface area contributed by atoms with E-state index in [0.29, 0.717) is 17.2 Å². The Morgan fingerprint density at radius 2 is 1.69 bits per heavy atom. The fraction of sp³-hybridized carbons (Fsp3) is 0.381. The highest BCUT2D eigenvalue weighted by Crippen LogP contribution is 2.29. The zero-order chi connectivity index (χ0) is 21.3. The SMILES string of the molecule is CCCCc1ccc(NC(=O)CCNS(=O)(=O)c2ccc(OC)c(OC)c2)cc1. The van der Waals surface area contributed by atoms with E-state index in [1.54, 1.807) is 0 Å². The van der Waals surface area contributed by atoms with Crippen LogP contribution in [0.25, 0.3) is 0 Å². The van der Waals surface area contributed by atoms with Crippen molar-refractivity contribution in [1.29, 1.82) is 0 Å². The highest BCUT2D eigenvalue weighted by molar-refractivity contribution is 7.89. The Kier molecular flexibility index (Phi) is 8.48. The van der Waals surface area contributed by atoms with Gasteiger partial charge in [-0.1, -0.05) is 25.5 Å². The number of carbonyl (C=O) groups is 1. The second kappa shape index (κ2) is 10.8. The van der Waals surface area contributed by atoms with Crippen LogP contribution in [0, 0.1) is 0 Å². The Morgan fingerprint density at radius 1 is 1.00 bits per heavy atom. The van der Waals surface area contributed by atoms with Gasteiger partial charge in [0.05, 0.1) is 19.1 Å². The van der Waals surface area contributed by atoms with Gasteiger partial charge in [-0.3, -0.25) is 4.79 Å². The van der Waals surface area contributed by atoms with E-state index < -0.39 is 10.0 Å². The van der Waals surface area contributed by atoms with Crippen molar-refractivity contribution in [3.8, 4) is 11.5 Å². The molecule has 0 saturated carbocycles. The Morgan fingerprint density at radius 3 is 2.31 bits per heavy atom. The lowest BCUT2D eigenvalue weighted by atomic mass is 10.1. The van der Waals surface area contributed by atoms with Crippen LogP contribution >= 0.6 is 0 Å². The van der Waals surface area contributed by atoms with Crippen LogP contribution in [0.2, 0.25) is 0 Å². The Balaban J connectivity index is 1.87. The zero-order valence-corrected chi connectivity index (χ0v) is 17.8. The molecule has 7 nitrogen and oxygen atoms in total. The van der Waals surface area contributed by atoms with Crippen molar-refractivity contribution in [1.82, 2.24) is 4.72 Å². The van der Waals surface area contributed by atoms with E-state index in [9.17, 15) is 13.2 Å². The fourth-order valence-electron chi connectivity index (χ4n) is 2.73. The molecule has 0 bridgehead atoms. The van der Waals surface area contributed by atoms with Crippen LogP contribution in [0.1, 0.15) is 31.7 Å². The highest BCUT2D eigenvalue weighted by atomic mass is 32.2. The van der Waals surface area contributed by atoms with E-state index in [-0.39, 0.29) is 23.8 Å². The summed E-state index contributed by atoms with van der Waals surface area (Å²) < 4.78 is 37.5. The molecule has 0 aliphatic carbocycles. The third kappa shape index (κ3) is 6.76. The van der Waals surface area contributed by atoms with E-state index in [1.165, 1.54) is 38.0 Å². The van der Waals surface area contributed by atoms with E-state index in [1.807, 2.05) is 24.3 Å². The van der Waals surface area contributed by atoms with Gasteiger partial charge in [-0.25, -0.2) is 13.1 Å². The predicted octanol–water partition coefficient (Wildman–Crippen LogP) is 3.35. The van der Waals surface area contributed by atoms with Gasteiger partial charge in [0.1, 0.15) is 0 Å². The van der Waals surface area contributed by atoms with Crippen LogP contribution in [0.5, 0.6) is 11.5 Å². The highest BCUT2D eigenvalue weighted by Gasteiger charge is 2.17. The van der Waals surface area contributed by atoms with Gasteiger partial charge < -0.3 is 14.8 Å². The summed E-state index contributed by atoms with van der Waals surface area (Å²) in [6.07, 6.45) is 3.30. The topological polar surface area (TPSA) is 93.7 Å². The number of aryl methyl sites for hydroxylation is 1. The second-order valence-corrected chi connectivity index (χ2v) is 8.28. The lowest BCUT2D eigenvalue weighted by Crippen LogP contribution is -2.27. The molecular formula is C21H28N2O5S. The molecule has 2 aromatic carbocycles. The first-order valence-electron chi connectivity index (χ1n) is 9.50. The molecule has 158 valence electrons. The molecule has 0 aliphatic heterocycles. The molecule has 8 heteroatoms. The Hall–Kier alpha value is -2.58. The Bertz CT molecular complexity index is 911. The van der Waals surface area contributed by atoms with Crippen molar-refractivity contribution < 1.29 is 22.7 Å². The summed E-state index contributed by atoms with van der Waals surface area (Å²) in [5.41, 5.74) is 1.92. The van der Waals surface area contributed by atoms with Crippen molar-refractivity contribution >= 4 is 21.6 Å².